The number of amides is 11. The summed E-state index contributed by atoms with van der Waals surface area (Å²) in [6, 6.07) is -0.567. The van der Waals surface area contributed by atoms with Gasteiger partial charge in [0, 0.05) is 78.3 Å². The van der Waals surface area contributed by atoms with Crippen molar-refractivity contribution in [3.63, 3.8) is 0 Å². The number of hydrogen-bond acceptors (Lipinski definition) is 37. The summed E-state index contributed by atoms with van der Waals surface area (Å²) in [6.07, 6.45) is -16.8. The number of likely N-dealkylation sites (N-methyl/N-ethyl adjacent to an activating group) is 1. The van der Waals surface area contributed by atoms with E-state index in [9.17, 15) is 94.5 Å². The van der Waals surface area contributed by atoms with Crippen LogP contribution in [0.4, 0.5) is 5.13 Å². The summed E-state index contributed by atoms with van der Waals surface area (Å²) in [5.41, 5.74) is 12.9. The summed E-state index contributed by atoms with van der Waals surface area (Å²) >= 11 is 22.6. The number of anilines is 1. The average Bonchev–Trinajstić information content (AvgIpc) is 0.781. The number of aromatic nitrogens is 2. The quantitative estimate of drug-likeness (QED) is 0.00653. The van der Waals surface area contributed by atoms with Crippen molar-refractivity contribution < 1.29 is 156 Å². The molecule has 11 bridgehead atoms. The SMILES string of the molecule is CN[C@H](CC(C)C)C(=O)N[C@H]1C(=O)N[C@@H](CC(N)=O)C(=O)N[C@H]2C(=O)NC3C(=O)NC(C(=O)N[C@H](C(=O)O)c4cc(O)c(CNCCNC(=O)CC(=O)NCc5cc[n+](CC6=C(C(=O)O)N7C(=O)[C@@H](NC(=O)/C(=N\OC)c8nc(N)sc8Cl)[C@H]7SC6)cc5)c(O)c4-c4cc3ccc4O)[C@H](O)c3ccc(c(Cl)c3)Oc3cc2cc(c3O[C@@H]2O[C@H](CO)[C@@H](O)[C@H](O)[C@H]2O[C@H]2C[C@](C)(N)[C@H](O)[C@H](C)O2)Oc2ccc(cc2Cl)[C@H]1O. The fourth-order valence-electron chi connectivity index (χ4n) is 17.4. The molecule has 9 aliphatic rings. The van der Waals surface area contributed by atoms with Crippen LogP contribution in [0.2, 0.25) is 14.4 Å². The molecule has 146 heavy (non-hydrogen) atoms. The molecule has 16 rings (SSSR count). The number of aliphatic hydroxyl groups excluding tert-OH is 6. The first-order valence-electron chi connectivity index (χ1n) is 45.2. The van der Waals surface area contributed by atoms with Gasteiger partial charge in [0.15, 0.2) is 59.7 Å². The van der Waals surface area contributed by atoms with E-state index in [1.165, 1.54) is 45.8 Å². The molecule has 2 aromatic heterocycles. The van der Waals surface area contributed by atoms with Crippen LogP contribution in [0.1, 0.15) is 128 Å². The third kappa shape index (κ3) is 23.8. The summed E-state index contributed by atoms with van der Waals surface area (Å²) in [4.78, 5) is 196. The number of ether oxygens (including phenoxy) is 6. The molecule has 49 nitrogen and oxygen atoms in total. The van der Waals surface area contributed by atoms with Gasteiger partial charge in [0.1, 0.15) is 130 Å². The van der Waals surface area contributed by atoms with Crippen LogP contribution in [0, 0.1) is 5.92 Å². The number of oxime groups is 1. The number of thiazole rings is 1. The number of benzene rings is 5. The number of rotatable bonds is 29. The second kappa shape index (κ2) is 45.7. The first kappa shape index (κ1) is 108. The number of phenols is 3. The minimum absolute atomic E-state index is 0.00710. The molecule has 0 aliphatic carbocycles. The molecule has 3 fully saturated rings. The molecule has 7 aromatic rings. The molecule has 11 heterocycles. The minimum Gasteiger partial charge on any atom is -0.507 e. The Bertz CT molecular complexity index is 6360. The fraction of sp³-hybridized carbons (Fsp3) is 0.413. The highest BCUT2D eigenvalue weighted by Crippen LogP contribution is 2.52. The van der Waals surface area contributed by atoms with Crippen LogP contribution in [0.25, 0.3) is 11.1 Å². The van der Waals surface area contributed by atoms with E-state index >= 15 is 24.0 Å². The average molecular weight is 2130 g/mol. The summed E-state index contributed by atoms with van der Waals surface area (Å²) < 4.78 is 40.3. The Balaban J connectivity index is 0.767. The number of carboxylic acids is 2. The number of primary amides is 1. The maximum Gasteiger partial charge on any atom is 0.352 e. The van der Waals surface area contributed by atoms with Crippen LogP contribution in [-0.2, 0) is 101 Å². The zero-order valence-electron chi connectivity index (χ0n) is 78.1. The number of β-lactam (4-membered cyclic amide) rings is 1. The number of nitrogens with two attached hydrogens (primary N) is 3. The van der Waals surface area contributed by atoms with Crippen molar-refractivity contribution in [2.45, 2.75) is 194 Å². The molecule has 11 amide bonds. The predicted octanol–water partition coefficient (Wildman–Crippen LogP) is -1.21. The van der Waals surface area contributed by atoms with Crippen LogP contribution in [0.15, 0.2) is 114 Å². The van der Waals surface area contributed by atoms with E-state index in [1.807, 2.05) is 0 Å². The predicted molar refractivity (Wildman–Crippen MR) is 512 cm³/mol. The molecule has 2 unspecified atom stereocenters. The van der Waals surface area contributed by atoms with Gasteiger partial charge < -0.3 is 165 Å². The van der Waals surface area contributed by atoms with Gasteiger partial charge in [-0.2, -0.15) is 0 Å². The van der Waals surface area contributed by atoms with Gasteiger partial charge in [-0.3, -0.25) is 57.6 Å². The molecule has 780 valence electrons. The highest BCUT2D eigenvalue weighted by Gasteiger charge is 2.57. The van der Waals surface area contributed by atoms with Crippen molar-refractivity contribution in [2.24, 2.45) is 22.5 Å². The number of aliphatic hydroxyl groups is 6. The molecular weight excluding hydrogens is 2020 g/mol. The molecule has 28 N–H and O–H groups in total. The number of thioether (sulfide) groups is 1. The van der Waals surface area contributed by atoms with Gasteiger partial charge in [-0.15, -0.1) is 11.8 Å². The second-order valence-electron chi connectivity index (χ2n) is 35.7. The molecule has 0 spiro atoms. The number of carbonyl (C=O) groups excluding carboxylic acids is 11. The van der Waals surface area contributed by atoms with E-state index < -0.39 is 313 Å². The third-order valence-electron chi connectivity index (χ3n) is 24.9. The Kier molecular flexibility index (Phi) is 33.9. The van der Waals surface area contributed by atoms with Crippen molar-refractivity contribution in [1.82, 2.24) is 68.4 Å². The topological polar surface area (TPSA) is 752 Å². The van der Waals surface area contributed by atoms with Crippen molar-refractivity contribution in [2.75, 3.05) is 45.3 Å². The molecule has 5 aromatic carbocycles. The summed E-state index contributed by atoms with van der Waals surface area (Å²) in [5, 5.41) is 159. The maximum atomic E-state index is 16.4. The van der Waals surface area contributed by atoms with Crippen LogP contribution < -0.4 is 94.5 Å². The largest absolute Gasteiger partial charge is 0.507 e. The first-order valence-corrected chi connectivity index (χ1v) is 48.2. The monoisotopic (exact) mass is 2130 g/mol. The van der Waals surface area contributed by atoms with Crippen LogP contribution >= 0.6 is 57.9 Å². The normalized spacial score (nSPS) is 26.0. The van der Waals surface area contributed by atoms with E-state index in [1.54, 1.807) is 42.9 Å². The van der Waals surface area contributed by atoms with Gasteiger partial charge in [0.25, 0.3) is 11.8 Å². The molecular formula is C92H104Cl3N18O31S2+. The number of fused-ring (bicyclic) bond motifs is 16. The number of aliphatic carboxylic acids is 2. The highest BCUT2D eigenvalue weighted by atomic mass is 35.5. The van der Waals surface area contributed by atoms with Gasteiger partial charge in [0.05, 0.1) is 46.9 Å². The van der Waals surface area contributed by atoms with Crippen molar-refractivity contribution in [1.29, 1.82) is 0 Å². The minimum atomic E-state index is -2.45. The highest BCUT2D eigenvalue weighted by molar-refractivity contribution is 8.00. The Labute approximate surface area is 851 Å². The van der Waals surface area contributed by atoms with Crippen molar-refractivity contribution >= 4 is 146 Å². The number of phenolic OH excluding ortho intramolecular Hbond substituents is 3. The molecule has 3 saturated heterocycles. The lowest BCUT2D eigenvalue weighted by atomic mass is 9.86. The lowest BCUT2D eigenvalue weighted by Crippen LogP contribution is -2.71. The number of nitrogens with one attached hydrogen (secondary N) is 11. The van der Waals surface area contributed by atoms with E-state index in [4.69, 9.17) is 85.3 Å². The van der Waals surface area contributed by atoms with Crippen LogP contribution in [-0.4, -0.2) is 279 Å². The number of pyridine rings is 1. The molecule has 0 saturated carbocycles. The van der Waals surface area contributed by atoms with Gasteiger partial charge in [-0.25, -0.2) is 19.1 Å². The van der Waals surface area contributed by atoms with E-state index in [-0.39, 0.29) is 88.4 Å². The van der Waals surface area contributed by atoms with Crippen LogP contribution in [0.5, 0.6) is 46.0 Å². The Morgan fingerprint density at radius 3 is 1.99 bits per heavy atom. The van der Waals surface area contributed by atoms with E-state index in [0.29, 0.717) is 11.1 Å². The van der Waals surface area contributed by atoms with Crippen LogP contribution in [0.3, 0.4) is 0 Å². The number of nitrogen functional groups attached to an aromatic ring is 1. The van der Waals surface area contributed by atoms with Crippen molar-refractivity contribution in [3.05, 3.63) is 168 Å². The smallest absolute Gasteiger partial charge is 0.352 e. The zero-order chi connectivity index (χ0) is 106. The van der Waals surface area contributed by atoms with Crippen molar-refractivity contribution in [3.8, 4) is 57.1 Å². The van der Waals surface area contributed by atoms with E-state index in [0.717, 1.165) is 83.0 Å². The number of carboxylic acid groups (broad SMARTS) is 2. The lowest BCUT2D eigenvalue weighted by Gasteiger charge is -2.49. The number of aromatic hydroxyl groups is 3. The molecule has 20 atom stereocenters. The Morgan fingerprint density at radius 1 is 0.733 bits per heavy atom. The van der Waals surface area contributed by atoms with E-state index in [2.05, 4.69) is 68.6 Å². The maximum absolute atomic E-state index is 16.4. The van der Waals surface area contributed by atoms with Gasteiger partial charge >= 0.3 is 11.9 Å². The molecule has 54 heteroatoms. The van der Waals surface area contributed by atoms with Gasteiger partial charge in [0.2, 0.25) is 65.2 Å². The zero-order valence-corrected chi connectivity index (χ0v) is 82.0. The number of hydrogen-bond donors (Lipinski definition) is 25. The van der Waals surface area contributed by atoms with Gasteiger partial charge in [-0.1, -0.05) is 83.3 Å². The molecule has 9 aliphatic heterocycles. The summed E-state index contributed by atoms with van der Waals surface area (Å²) in [7, 11) is 2.63. The number of halogens is 3. The summed E-state index contributed by atoms with van der Waals surface area (Å²) in [5.74, 6) is -21.6. The third-order valence-corrected chi connectivity index (χ3v) is 27.9. The Hall–Kier alpha value is -13.5. The first-order chi connectivity index (χ1) is 69.2. The molecule has 0 radical (unpaired) electrons. The Morgan fingerprint density at radius 2 is 1.38 bits per heavy atom. The lowest BCUT2D eigenvalue weighted by molar-refractivity contribution is -0.689. The fourth-order valence-corrected chi connectivity index (χ4v) is 20.1. The second-order valence-corrected chi connectivity index (χ2v) is 39.3. The number of nitrogens with zero attached hydrogens (tertiary/aromatic N) is 4. The van der Waals surface area contributed by atoms with Gasteiger partial charge in [-0.05, 0) is 116 Å². The number of carbonyl (C=O) groups is 13. The standard InChI is InChI=1S/C92H103Cl3N18O31S2/c1-34(2)19-47(99-5)79(126)107-66-70(120)38-8-11-51(45(93)21-38)140-53-23-40-24-54(75(53)144-90-76(74(124)73(123)55(32-114)142-90)143-59-28-92(4,98)77(125)35(3)139-59)141-52-12-9-39(22-46(52)94)71(121)67-85(132)106-63(88(134)135)43-25-50(116)44(72(122)60(43)42-20-37(7-10-49(42)115)61(81(128)108-67)105-82(129)62(40)104-80(127)48(26-56(96)117)103-84(66)131)30-100-15-16-101-57(118)27-58(119)102-29-36-13-17-112(18-14-36)31-41-33-145-87-68(86(133)113(87)69(41)89(136)137)109-83(130)65(111-138-6)64-78(95)146-91(97)110-64/h7-14,17-18,20-25,34-35,47-48,55,59,61-63,66-68,70-71,73-74,76-77,87,90,99-100,114,120-121,123-125H,15-16,19,26-33,98H2,1-6H3,(H17-,96,97,101,102,103,104,105,106,107,108,109,110,111,115,116,117,118,119,122,126,127,128,129,130,131,132,134,135,136,137)/p+1/t35-,47+,48-,55+,59-,61?,62+,63-,66+,67?,68+,70+,71+,73+,74-,76+,77+,87+,90-,92-/m0/s1. The summed E-state index contributed by atoms with van der Waals surface area (Å²) in [6.45, 7) is 4.46.